The SMILES string of the molecule is C=CC(=O)OCCCCCCCCOc1ccccc1-c1ccc(C(F)(F)C(F)(F)C(F)(F)C(F)(F)C(F)(F)C(F)(F)C(F)(F)C(F)(F)F)cc1. The van der Waals surface area contributed by atoms with Crippen LogP contribution in [-0.4, -0.2) is 60.9 Å². The molecular weight excluding hydrogens is 743 g/mol. The molecule has 0 bridgehead atoms. The Hall–Kier alpha value is -3.74. The molecule has 0 saturated heterocycles. The Kier molecular flexibility index (Phi) is 13.2. The molecule has 0 unspecified atom stereocenters. The van der Waals surface area contributed by atoms with Crippen LogP contribution in [0.25, 0.3) is 11.1 Å². The molecule has 3 nitrogen and oxygen atoms in total. The summed E-state index contributed by atoms with van der Waals surface area (Å²) in [5.41, 5.74) is -2.33. The Bertz CT molecular complexity index is 1470. The van der Waals surface area contributed by atoms with Crippen LogP contribution in [-0.2, 0) is 15.5 Å². The zero-order valence-corrected chi connectivity index (χ0v) is 25.7. The minimum Gasteiger partial charge on any atom is -0.493 e. The minimum atomic E-state index is -8.68. The van der Waals surface area contributed by atoms with Gasteiger partial charge in [-0.15, -0.1) is 0 Å². The number of ether oxygens (including phenoxy) is 2. The van der Waals surface area contributed by atoms with Gasteiger partial charge in [-0.1, -0.05) is 74.7 Å². The van der Waals surface area contributed by atoms with Crippen molar-refractivity contribution in [1.82, 2.24) is 0 Å². The van der Waals surface area contributed by atoms with Gasteiger partial charge in [-0.05, 0) is 24.5 Å². The summed E-state index contributed by atoms with van der Waals surface area (Å²) in [7, 11) is 0. The van der Waals surface area contributed by atoms with Gasteiger partial charge in [0.15, 0.2) is 0 Å². The molecular formula is C31H27F17O3. The van der Waals surface area contributed by atoms with Gasteiger partial charge in [-0.3, -0.25) is 0 Å². The first-order valence-corrected chi connectivity index (χ1v) is 14.5. The second-order valence-corrected chi connectivity index (χ2v) is 10.9. The van der Waals surface area contributed by atoms with Gasteiger partial charge in [0.25, 0.3) is 0 Å². The molecule has 0 N–H and O–H groups in total. The van der Waals surface area contributed by atoms with E-state index in [1.807, 2.05) is 0 Å². The molecule has 288 valence electrons. The van der Waals surface area contributed by atoms with Gasteiger partial charge in [-0.2, -0.15) is 74.6 Å². The zero-order valence-electron chi connectivity index (χ0n) is 25.7. The topological polar surface area (TPSA) is 35.5 Å². The normalized spacial score (nSPS) is 14.0. The lowest BCUT2D eigenvalue weighted by atomic mass is 9.87. The van der Waals surface area contributed by atoms with E-state index in [1.165, 1.54) is 24.3 Å². The number of benzene rings is 2. The smallest absolute Gasteiger partial charge is 0.460 e. The molecule has 0 radical (unpaired) electrons. The third kappa shape index (κ3) is 8.18. The third-order valence-electron chi connectivity index (χ3n) is 7.37. The van der Waals surface area contributed by atoms with Crippen molar-refractivity contribution in [2.75, 3.05) is 13.2 Å². The molecule has 0 aliphatic carbocycles. The van der Waals surface area contributed by atoms with Crippen LogP contribution >= 0.6 is 0 Å². The Morgan fingerprint density at radius 1 is 0.549 bits per heavy atom. The maximum atomic E-state index is 14.7. The second kappa shape index (κ2) is 15.5. The summed E-state index contributed by atoms with van der Waals surface area (Å²) < 4.78 is 243. The van der Waals surface area contributed by atoms with Crippen LogP contribution in [0.1, 0.15) is 44.1 Å². The van der Waals surface area contributed by atoms with Crippen molar-refractivity contribution in [1.29, 1.82) is 0 Å². The minimum absolute atomic E-state index is 0.0584. The predicted octanol–water partition coefficient (Wildman–Crippen LogP) is 11.3. The van der Waals surface area contributed by atoms with E-state index < -0.39 is 59.2 Å². The zero-order chi connectivity index (χ0) is 39.3. The van der Waals surface area contributed by atoms with E-state index in [2.05, 4.69) is 6.58 Å². The average molecular weight is 771 g/mol. The predicted molar refractivity (Wildman–Crippen MR) is 146 cm³/mol. The number of alkyl halides is 17. The van der Waals surface area contributed by atoms with Crippen LogP contribution < -0.4 is 4.74 Å². The molecule has 0 heterocycles. The maximum absolute atomic E-state index is 14.7. The van der Waals surface area contributed by atoms with E-state index in [0.29, 0.717) is 31.4 Å². The van der Waals surface area contributed by atoms with Gasteiger partial charge in [0.2, 0.25) is 0 Å². The van der Waals surface area contributed by atoms with Crippen LogP contribution in [0.3, 0.4) is 0 Å². The number of carbonyl (C=O) groups excluding carboxylic acids is 1. The average Bonchev–Trinajstić information content (AvgIpc) is 3.04. The number of halogens is 17. The number of para-hydroxylation sites is 1. The molecule has 0 aliphatic rings. The Balaban J connectivity index is 2.22. The molecule has 0 amide bonds. The molecule has 0 saturated carbocycles. The monoisotopic (exact) mass is 770 g/mol. The molecule has 0 atom stereocenters. The van der Waals surface area contributed by atoms with Crippen molar-refractivity contribution in [2.24, 2.45) is 0 Å². The summed E-state index contributed by atoms with van der Waals surface area (Å²) in [5, 5.41) is 0. The number of unbranched alkanes of at least 4 members (excludes halogenated alkanes) is 5. The van der Waals surface area contributed by atoms with Crippen molar-refractivity contribution in [3.8, 4) is 16.9 Å². The van der Waals surface area contributed by atoms with Gasteiger partial charge in [0.05, 0.1) is 13.2 Å². The van der Waals surface area contributed by atoms with E-state index in [4.69, 9.17) is 9.47 Å². The lowest BCUT2D eigenvalue weighted by Crippen LogP contribution is -2.74. The second-order valence-electron chi connectivity index (χ2n) is 10.9. The molecule has 2 aromatic rings. The fraction of sp³-hybridized carbons (Fsp3) is 0.516. The molecule has 2 aromatic carbocycles. The Labute approximate surface area is 278 Å². The highest BCUT2D eigenvalue weighted by Gasteiger charge is 2.95. The maximum Gasteiger partial charge on any atom is 0.460 e. The van der Waals surface area contributed by atoms with Gasteiger partial charge in [0, 0.05) is 17.2 Å². The van der Waals surface area contributed by atoms with Crippen LogP contribution in [0, 0.1) is 0 Å². The summed E-state index contributed by atoms with van der Waals surface area (Å²) in [5.74, 6) is -57.4. The summed E-state index contributed by atoms with van der Waals surface area (Å²) in [6.07, 6.45) is -2.63. The van der Waals surface area contributed by atoms with Crippen LogP contribution in [0.15, 0.2) is 61.2 Å². The lowest BCUT2D eigenvalue weighted by molar-refractivity contribution is -0.462. The standard InChI is InChI=1S/C31H27F17O3/c1-2-23(49)51-18-10-6-4-3-5-9-17-50-22-12-8-7-11-21(22)19-13-15-20(16-14-19)24(32,33)25(34,35)26(36,37)27(38,39)28(40,41)29(42,43)30(44,45)31(46,47)48/h2,7-8,11-16H,1,3-6,9-10,17-18H2. The summed E-state index contributed by atoms with van der Waals surface area (Å²) >= 11 is 0. The Morgan fingerprint density at radius 2 is 0.980 bits per heavy atom. The number of esters is 1. The number of hydrogen-bond acceptors (Lipinski definition) is 3. The van der Waals surface area contributed by atoms with E-state index in [9.17, 15) is 79.4 Å². The van der Waals surface area contributed by atoms with Crippen LogP contribution in [0.2, 0.25) is 0 Å². The first kappa shape index (κ1) is 43.4. The van der Waals surface area contributed by atoms with Crippen molar-refractivity contribution >= 4 is 5.97 Å². The Morgan fingerprint density at radius 3 is 1.47 bits per heavy atom. The van der Waals surface area contributed by atoms with Crippen LogP contribution in [0.5, 0.6) is 5.75 Å². The van der Waals surface area contributed by atoms with E-state index in [-0.39, 0.29) is 42.2 Å². The van der Waals surface area contributed by atoms with Gasteiger partial charge < -0.3 is 9.47 Å². The highest BCUT2D eigenvalue weighted by Crippen LogP contribution is 2.65. The molecule has 0 aromatic heterocycles. The molecule has 2 rings (SSSR count). The highest BCUT2D eigenvalue weighted by molar-refractivity contribution is 5.81. The number of hydrogen-bond donors (Lipinski definition) is 0. The molecule has 51 heavy (non-hydrogen) atoms. The van der Waals surface area contributed by atoms with Crippen molar-refractivity contribution < 1.29 is 88.9 Å². The van der Waals surface area contributed by atoms with Gasteiger partial charge >= 0.3 is 53.6 Å². The summed E-state index contributed by atoms with van der Waals surface area (Å²) in [4.78, 5) is 11.0. The van der Waals surface area contributed by atoms with Crippen molar-refractivity contribution in [3.63, 3.8) is 0 Å². The molecule has 0 spiro atoms. The lowest BCUT2D eigenvalue weighted by Gasteiger charge is -2.42. The quantitative estimate of drug-likeness (QED) is 0.0618. The first-order valence-electron chi connectivity index (χ1n) is 14.5. The number of rotatable bonds is 19. The van der Waals surface area contributed by atoms with E-state index >= 15 is 0 Å². The van der Waals surface area contributed by atoms with E-state index in [0.717, 1.165) is 25.3 Å². The van der Waals surface area contributed by atoms with Crippen LogP contribution in [0.4, 0.5) is 74.6 Å². The summed E-state index contributed by atoms with van der Waals surface area (Å²) in [6.45, 7) is 3.60. The van der Waals surface area contributed by atoms with Crippen molar-refractivity contribution in [3.05, 3.63) is 66.7 Å². The largest absolute Gasteiger partial charge is 0.493 e. The molecule has 20 heteroatoms. The van der Waals surface area contributed by atoms with E-state index in [1.54, 1.807) is 0 Å². The fourth-order valence-electron chi connectivity index (χ4n) is 4.36. The number of carbonyl (C=O) groups is 1. The fourth-order valence-corrected chi connectivity index (χ4v) is 4.36. The third-order valence-corrected chi connectivity index (χ3v) is 7.37. The summed E-state index contributed by atoms with van der Waals surface area (Å²) in [6, 6.07) is 6.56. The van der Waals surface area contributed by atoms with Gasteiger partial charge in [-0.25, -0.2) is 4.79 Å². The van der Waals surface area contributed by atoms with Gasteiger partial charge in [0.1, 0.15) is 5.75 Å². The first-order chi connectivity index (χ1) is 23.2. The molecule has 0 fully saturated rings. The highest BCUT2D eigenvalue weighted by atomic mass is 19.4. The van der Waals surface area contributed by atoms with Crippen molar-refractivity contribution in [2.45, 2.75) is 86.2 Å². The molecule has 0 aliphatic heterocycles.